The van der Waals surface area contributed by atoms with Gasteiger partial charge in [0.1, 0.15) is 0 Å². The van der Waals surface area contributed by atoms with Gasteiger partial charge in [0, 0.05) is 36.2 Å². The van der Waals surface area contributed by atoms with Crippen molar-refractivity contribution in [3.8, 4) is 11.5 Å². The number of aromatic nitrogens is 3. The Labute approximate surface area is 190 Å². The molecule has 1 aromatic heterocycles. The van der Waals surface area contributed by atoms with Crippen molar-refractivity contribution < 1.29 is 9.84 Å². The number of methoxy groups -OCH3 is 1. The normalized spacial score (nSPS) is 17.2. The predicted molar refractivity (Wildman–Crippen MR) is 126 cm³/mol. The first-order chi connectivity index (χ1) is 15.1. The molecule has 4 rings (SSSR count). The quantitative estimate of drug-likeness (QED) is 0.467. The van der Waals surface area contributed by atoms with Crippen LogP contribution in [0.3, 0.4) is 0 Å². The van der Waals surface area contributed by atoms with Gasteiger partial charge in [0.2, 0.25) is 17.8 Å². The number of benzene rings is 1. The summed E-state index contributed by atoms with van der Waals surface area (Å²) in [4.78, 5) is 18.4. The minimum absolute atomic E-state index is 0.0231. The summed E-state index contributed by atoms with van der Waals surface area (Å²) in [5.74, 6) is 2.18. The Bertz CT molecular complexity index is 892. The number of aromatic hydroxyl groups is 1. The van der Waals surface area contributed by atoms with E-state index in [9.17, 15) is 5.11 Å². The van der Waals surface area contributed by atoms with Crippen LogP contribution < -0.4 is 20.0 Å². The second-order valence-corrected chi connectivity index (χ2v) is 8.69. The van der Waals surface area contributed by atoms with Crippen molar-refractivity contribution >= 4 is 40.0 Å². The molecule has 2 aromatic rings. The molecule has 10 heteroatoms. The largest absolute Gasteiger partial charge is 0.504 e. The smallest absolute Gasteiger partial charge is 0.250 e. The van der Waals surface area contributed by atoms with Crippen LogP contribution in [-0.2, 0) is 0 Å². The van der Waals surface area contributed by atoms with Gasteiger partial charge < -0.3 is 19.6 Å². The molecule has 166 valence electrons. The molecule has 0 bridgehead atoms. The first-order valence-electron chi connectivity index (χ1n) is 10.8. The molecule has 3 heterocycles. The summed E-state index contributed by atoms with van der Waals surface area (Å²) in [5, 5.41) is 14.6. The standard InChI is InChI=1S/C21H28BrN7O2/c1-31-17-13-16(22)12-15(18(17)30)14-23-27-19-24-20(28-8-4-2-5-9-28)26-21(25-19)29-10-6-3-7-11-29/h12-14,30H,2-11H2,1H3,(H,24,25,26,27)/b23-14+. The molecule has 2 aliphatic heterocycles. The van der Waals surface area contributed by atoms with Crippen LogP contribution in [0.25, 0.3) is 0 Å². The lowest BCUT2D eigenvalue weighted by Gasteiger charge is -2.30. The van der Waals surface area contributed by atoms with E-state index in [-0.39, 0.29) is 5.75 Å². The Morgan fingerprint density at radius 1 is 0.968 bits per heavy atom. The summed E-state index contributed by atoms with van der Waals surface area (Å²) < 4.78 is 5.97. The Hall–Kier alpha value is -2.62. The zero-order chi connectivity index (χ0) is 21.6. The van der Waals surface area contributed by atoms with Crippen LogP contribution in [0, 0.1) is 0 Å². The number of phenolic OH excluding ortho intramolecular Hbond substituents is 1. The monoisotopic (exact) mass is 489 g/mol. The summed E-state index contributed by atoms with van der Waals surface area (Å²) in [6, 6.07) is 3.45. The highest BCUT2D eigenvalue weighted by atomic mass is 79.9. The molecular formula is C21H28BrN7O2. The van der Waals surface area contributed by atoms with Crippen LogP contribution in [0.2, 0.25) is 0 Å². The van der Waals surface area contributed by atoms with Crippen molar-refractivity contribution in [1.82, 2.24) is 15.0 Å². The third-order valence-corrected chi connectivity index (χ3v) is 6.00. The molecule has 0 amide bonds. The number of nitrogens with zero attached hydrogens (tertiary/aromatic N) is 6. The van der Waals surface area contributed by atoms with Gasteiger partial charge in [-0.2, -0.15) is 20.1 Å². The summed E-state index contributed by atoms with van der Waals surface area (Å²) in [5.41, 5.74) is 3.44. The van der Waals surface area contributed by atoms with Gasteiger partial charge in [-0.25, -0.2) is 5.43 Å². The van der Waals surface area contributed by atoms with E-state index in [2.05, 4.69) is 46.2 Å². The van der Waals surface area contributed by atoms with Gasteiger partial charge >= 0.3 is 0 Å². The first-order valence-corrected chi connectivity index (χ1v) is 11.5. The number of ether oxygens (including phenoxy) is 1. The maximum Gasteiger partial charge on any atom is 0.250 e. The van der Waals surface area contributed by atoms with Gasteiger partial charge in [0.05, 0.1) is 13.3 Å². The van der Waals surface area contributed by atoms with Crippen molar-refractivity contribution in [1.29, 1.82) is 0 Å². The zero-order valence-electron chi connectivity index (χ0n) is 17.7. The van der Waals surface area contributed by atoms with Crippen LogP contribution in [0.1, 0.15) is 44.1 Å². The molecule has 2 aliphatic rings. The fraction of sp³-hybridized carbons (Fsp3) is 0.524. The van der Waals surface area contributed by atoms with E-state index in [1.54, 1.807) is 12.1 Å². The highest BCUT2D eigenvalue weighted by Crippen LogP contribution is 2.32. The first kappa shape index (κ1) is 21.6. The van der Waals surface area contributed by atoms with Gasteiger partial charge in [0.15, 0.2) is 11.5 Å². The number of hydrogen-bond acceptors (Lipinski definition) is 9. The van der Waals surface area contributed by atoms with Gasteiger partial charge in [-0.05, 0) is 50.7 Å². The molecule has 2 N–H and O–H groups in total. The lowest BCUT2D eigenvalue weighted by Crippen LogP contribution is -2.34. The number of rotatable bonds is 6. The van der Waals surface area contributed by atoms with Gasteiger partial charge in [0.25, 0.3) is 0 Å². The summed E-state index contributed by atoms with van der Waals surface area (Å²) >= 11 is 3.41. The van der Waals surface area contributed by atoms with E-state index in [4.69, 9.17) is 9.72 Å². The van der Waals surface area contributed by atoms with E-state index in [0.717, 1.165) is 56.3 Å². The molecule has 0 atom stereocenters. The molecule has 0 unspecified atom stereocenters. The summed E-state index contributed by atoms with van der Waals surface area (Å²) in [6.45, 7) is 3.82. The number of hydrogen-bond donors (Lipinski definition) is 2. The molecule has 31 heavy (non-hydrogen) atoms. The molecule has 2 saturated heterocycles. The number of phenols is 1. The SMILES string of the molecule is COc1cc(Br)cc(/C=N/Nc2nc(N3CCCCC3)nc(N3CCCCC3)n2)c1O. The number of hydrazone groups is 1. The van der Waals surface area contributed by atoms with Gasteiger partial charge in [-0.3, -0.25) is 0 Å². The van der Waals surface area contributed by atoms with E-state index in [1.807, 2.05) is 0 Å². The topological polar surface area (TPSA) is 99.0 Å². The highest BCUT2D eigenvalue weighted by Gasteiger charge is 2.20. The fourth-order valence-electron chi connectivity index (χ4n) is 3.88. The van der Waals surface area contributed by atoms with E-state index in [0.29, 0.717) is 29.2 Å². The van der Waals surface area contributed by atoms with Crippen LogP contribution >= 0.6 is 15.9 Å². The number of nitrogens with one attached hydrogen (secondary N) is 1. The van der Waals surface area contributed by atoms with Crippen LogP contribution in [0.15, 0.2) is 21.7 Å². The molecular weight excluding hydrogens is 462 g/mol. The molecule has 0 aliphatic carbocycles. The van der Waals surface area contributed by atoms with Crippen LogP contribution in [-0.4, -0.2) is 59.6 Å². The Kier molecular flexibility index (Phi) is 7.06. The third kappa shape index (κ3) is 5.36. The predicted octanol–water partition coefficient (Wildman–Crippen LogP) is 3.77. The summed E-state index contributed by atoms with van der Waals surface area (Å²) in [6.07, 6.45) is 8.61. The maximum absolute atomic E-state index is 10.3. The molecule has 9 nitrogen and oxygen atoms in total. The average Bonchev–Trinajstić information content (AvgIpc) is 2.82. The molecule has 0 saturated carbocycles. The number of halogens is 1. The van der Waals surface area contributed by atoms with Gasteiger partial charge in [-0.15, -0.1) is 0 Å². The van der Waals surface area contributed by atoms with Crippen molar-refractivity contribution in [2.75, 3.05) is 48.5 Å². The second kappa shape index (κ2) is 10.1. The molecule has 0 radical (unpaired) electrons. The highest BCUT2D eigenvalue weighted by molar-refractivity contribution is 9.10. The van der Waals surface area contributed by atoms with Crippen LogP contribution in [0.5, 0.6) is 11.5 Å². The van der Waals surface area contributed by atoms with Crippen molar-refractivity contribution in [2.45, 2.75) is 38.5 Å². The van der Waals surface area contributed by atoms with Gasteiger partial charge in [-0.1, -0.05) is 15.9 Å². The average molecular weight is 490 g/mol. The lowest BCUT2D eigenvalue weighted by molar-refractivity contribution is 0.373. The molecule has 1 aromatic carbocycles. The zero-order valence-corrected chi connectivity index (χ0v) is 19.3. The molecule has 2 fully saturated rings. The second-order valence-electron chi connectivity index (χ2n) is 7.77. The Morgan fingerprint density at radius 2 is 1.55 bits per heavy atom. The lowest BCUT2D eigenvalue weighted by atomic mass is 10.1. The minimum atomic E-state index is 0.0231. The van der Waals surface area contributed by atoms with E-state index < -0.39 is 0 Å². The van der Waals surface area contributed by atoms with Crippen LogP contribution in [0.4, 0.5) is 17.8 Å². The molecule has 0 spiro atoms. The number of anilines is 3. The summed E-state index contributed by atoms with van der Waals surface area (Å²) in [7, 11) is 1.51. The van der Waals surface area contributed by atoms with Crippen molar-refractivity contribution in [3.63, 3.8) is 0 Å². The maximum atomic E-state index is 10.3. The minimum Gasteiger partial charge on any atom is -0.504 e. The third-order valence-electron chi connectivity index (χ3n) is 5.55. The number of piperidine rings is 2. The fourth-order valence-corrected chi connectivity index (χ4v) is 4.34. The van der Waals surface area contributed by atoms with Crippen molar-refractivity contribution in [3.05, 3.63) is 22.2 Å². The Balaban J connectivity index is 1.58. The van der Waals surface area contributed by atoms with E-state index in [1.165, 1.54) is 26.2 Å². The van der Waals surface area contributed by atoms with E-state index >= 15 is 0 Å². The Morgan fingerprint density at radius 3 is 2.10 bits per heavy atom. The van der Waals surface area contributed by atoms with Crippen molar-refractivity contribution in [2.24, 2.45) is 5.10 Å².